The third-order valence-corrected chi connectivity index (χ3v) is 4.50. The minimum absolute atomic E-state index is 0. The van der Waals surface area contributed by atoms with E-state index in [0.717, 1.165) is 43.3 Å². The first kappa shape index (κ1) is 23.8. The van der Waals surface area contributed by atoms with Gasteiger partial charge in [-0.15, -0.1) is 24.0 Å². The predicted octanol–water partition coefficient (Wildman–Crippen LogP) is 3.59. The molecule has 0 saturated heterocycles. The first-order chi connectivity index (χ1) is 14.1. The summed E-state index contributed by atoms with van der Waals surface area (Å²) in [6, 6.07) is 7.23. The molecule has 0 bridgehead atoms. The van der Waals surface area contributed by atoms with Gasteiger partial charge < -0.3 is 15.2 Å². The minimum atomic E-state index is -0.293. The summed E-state index contributed by atoms with van der Waals surface area (Å²) in [5, 5.41) is 11.0. The normalized spacial score (nSPS) is 11.3. The van der Waals surface area contributed by atoms with Gasteiger partial charge in [-0.2, -0.15) is 5.10 Å². The van der Waals surface area contributed by atoms with Crippen LogP contribution in [0, 0.1) is 19.7 Å². The Hall–Kier alpha value is -2.43. The molecule has 2 aromatic heterocycles. The van der Waals surface area contributed by atoms with Gasteiger partial charge in [-0.3, -0.25) is 4.68 Å². The summed E-state index contributed by atoms with van der Waals surface area (Å²) in [6.45, 7) is 8.88. The largest absolute Gasteiger partial charge is 0.357 e. The van der Waals surface area contributed by atoms with Gasteiger partial charge in [0.1, 0.15) is 5.82 Å². The zero-order valence-corrected chi connectivity index (χ0v) is 19.9. The highest BCUT2D eigenvalue weighted by molar-refractivity contribution is 14.0. The van der Waals surface area contributed by atoms with Crippen LogP contribution in [0.4, 0.5) is 4.39 Å². The molecular weight excluding hydrogens is 496 g/mol. The summed E-state index contributed by atoms with van der Waals surface area (Å²) in [5.74, 6) is 0.429. The van der Waals surface area contributed by atoms with E-state index in [0.29, 0.717) is 12.2 Å². The lowest BCUT2D eigenvalue weighted by atomic mass is 10.2. The van der Waals surface area contributed by atoms with E-state index in [4.69, 9.17) is 0 Å². The summed E-state index contributed by atoms with van der Waals surface area (Å²) in [7, 11) is 0. The number of hydrogen-bond donors (Lipinski definition) is 2. The molecule has 0 radical (unpaired) electrons. The molecule has 0 unspecified atom stereocenters. The van der Waals surface area contributed by atoms with Crippen molar-refractivity contribution in [3.63, 3.8) is 0 Å². The number of nitrogens with one attached hydrogen (secondary N) is 2. The van der Waals surface area contributed by atoms with Gasteiger partial charge in [0.05, 0.1) is 24.3 Å². The fourth-order valence-corrected chi connectivity index (χ4v) is 3.11. The lowest BCUT2D eigenvalue weighted by Gasteiger charge is -2.12. The Morgan fingerprint density at radius 2 is 2.03 bits per heavy atom. The molecule has 0 fully saturated rings. The Labute approximate surface area is 193 Å². The lowest BCUT2D eigenvalue weighted by molar-refractivity contribution is 0.555. The quantitative estimate of drug-likeness (QED) is 0.204. The maximum Gasteiger partial charge on any atom is 0.191 e. The van der Waals surface area contributed by atoms with Crippen molar-refractivity contribution in [2.75, 3.05) is 13.1 Å². The number of aliphatic imine (C=N–C) groups is 1. The van der Waals surface area contributed by atoms with E-state index >= 15 is 0 Å². The topological polar surface area (TPSA) is 72.1 Å². The number of aryl methyl sites for hydroxylation is 3. The second-order valence-corrected chi connectivity index (χ2v) is 6.88. The van der Waals surface area contributed by atoms with E-state index in [1.807, 2.05) is 24.6 Å². The average Bonchev–Trinajstić information content (AvgIpc) is 3.33. The Balaban J connectivity index is 0.00000320. The molecule has 0 atom stereocenters. The molecule has 162 valence electrons. The van der Waals surface area contributed by atoms with Crippen molar-refractivity contribution >= 4 is 29.9 Å². The molecular formula is C21H29FIN7. The number of aromatic nitrogens is 4. The van der Waals surface area contributed by atoms with Crippen LogP contribution in [0.15, 0.2) is 48.0 Å². The Kier molecular flexibility index (Phi) is 9.28. The standard InChI is InChI=1S/C21H28FN7.HI/c1-4-24-21(25-8-5-10-29-17(3)12-16(2)27-29)26-14-18-6-7-20(19(22)13-18)28-11-9-23-15-28;/h6-7,9,11-13,15H,4-5,8,10,14H2,1-3H3,(H2,24,25,26);1H. The van der Waals surface area contributed by atoms with Crippen LogP contribution in [-0.4, -0.2) is 38.4 Å². The third kappa shape index (κ3) is 6.54. The van der Waals surface area contributed by atoms with Crippen molar-refractivity contribution < 1.29 is 4.39 Å². The number of benzene rings is 1. The summed E-state index contributed by atoms with van der Waals surface area (Å²) < 4.78 is 18.1. The fourth-order valence-electron chi connectivity index (χ4n) is 3.11. The SMILES string of the molecule is CCNC(=NCc1ccc(-n2ccnc2)c(F)c1)NCCCn1nc(C)cc1C.I. The highest BCUT2D eigenvalue weighted by Crippen LogP contribution is 2.15. The molecule has 7 nitrogen and oxygen atoms in total. The van der Waals surface area contributed by atoms with Crippen molar-refractivity contribution in [2.45, 2.75) is 40.3 Å². The number of rotatable bonds is 8. The van der Waals surface area contributed by atoms with E-state index in [1.165, 1.54) is 11.8 Å². The second-order valence-electron chi connectivity index (χ2n) is 6.88. The van der Waals surface area contributed by atoms with Crippen LogP contribution in [-0.2, 0) is 13.1 Å². The molecule has 3 aromatic rings. The first-order valence-electron chi connectivity index (χ1n) is 9.87. The predicted molar refractivity (Wildman–Crippen MR) is 128 cm³/mol. The first-order valence-corrected chi connectivity index (χ1v) is 9.87. The molecule has 3 rings (SSSR count). The molecule has 9 heteroatoms. The Morgan fingerprint density at radius 1 is 1.20 bits per heavy atom. The molecule has 0 aliphatic rings. The van der Waals surface area contributed by atoms with Gasteiger partial charge in [0.2, 0.25) is 0 Å². The summed E-state index contributed by atoms with van der Waals surface area (Å²) in [5.41, 5.74) is 3.50. The number of hydrogen-bond acceptors (Lipinski definition) is 3. The molecule has 1 aromatic carbocycles. The zero-order chi connectivity index (χ0) is 20.6. The maximum atomic E-state index is 14.4. The van der Waals surface area contributed by atoms with Gasteiger partial charge >= 0.3 is 0 Å². The lowest BCUT2D eigenvalue weighted by Crippen LogP contribution is -2.38. The van der Waals surface area contributed by atoms with Gasteiger partial charge in [0.25, 0.3) is 0 Å². The van der Waals surface area contributed by atoms with E-state index < -0.39 is 0 Å². The highest BCUT2D eigenvalue weighted by Gasteiger charge is 2.06. The molecule has 30 heavy (non-hydrogen) atoms. The molecule has 0 aliphatic carbocycles. The number of nitrogens with zero attached hydrogens (tertiary/aromatic N) is 5. The second kappa shape index (κ2) is 11.7. The van der Waals surface area contributed by atoms with E-state index in [1.54, 1.807) is 29.4 Å². The van der Waals surface area contributed by atoms with Gasteiger partial charge in [-0.25, -0.2) is 14.4 Å². The van der Waals surface area contributed by atoms with Gasteiger partial charge in [-0.1, -0.05) is 6.07 Å². The minimum Gasteiger partial charge on any atom is -0.357 e. The van der Waals surface area contributed by atoms with Gasteiger partial charge in [-0.05, 0) is 51.0 Å². The van der Waals surface area contributed by atoms with Crippen LogP contribution in [0.1, 0.15) is 30.3 Å². The van der Waals surface area contributed by atoms with E-state index in [-0.39, 0.29) is 29.8 Å². The van der Waals surface area contributed by atoms with Crippen molar-refractivity contribution in [3.05, 3.63) is 65.8 Å². The van der Waals surface area contributed by atoms with Gasteiger partial charge in [0.15, 0.2) is 5.96 Å². The number of imidazole rings is 1. The molecule has 0 spiro atoms. The molecule has 0 aliphatic heterocycles. The molecule has 0 saturated carbocycles. The van der Waals surface area contributed by atoms with Crippen LogP contribution in [0.25, 0.3) is 5.69 Å². The van der Waals surface area contributed by atoms with Gasteiger partial charge in [0, 0.05) is 37.7 Å². The zero-order valence-electron chi connectivity index (χ0n) is 17.6. The Bertz CT molecular complexity index is 950. The number of guanidine groups is 1. The Morgan fingerprint density at radius 3 is 2.67 bits per heavy atom. The molecule has 0 amide bonds. The summed E-state index contributed by atoms with van der Waals surface area (Å²) >= 11 is 0. The smallest absolute Gasteiger partial charge is 0.191 e. The van der Waals surface area contributed by atoms with Crippen LogP contribution in [0.2, 0.25) is 0 Å². The third-order valence-electron chi connectivity index (χ3n) is 4.50. The van der Waals surface area contributed by atoms with E-state index in [2.05, 4.69) is 38.7 Å². The summed E-state index contributed by atoms with van der Waals surface area (Å²) in [6.07, 6.45) is 5.85. The van der Waals surface area contributed by atoms with Crippen molar-refractivity contribution in [2.24, 2.45) is 4.99 Å². The maximum absolute atomic E-state index is 14.4. The number of halogens is 2. The van der Waals surface area contributed by atoms with Crippen LogP contribution >= 0.6 is 24.0 Å². The van der Waals surface area contributed by atoms with Crippen LogP contribution < -0.4 is 10.6 Å². The van der Waals surface area contributed by atoms with Crippen molar-refractivity contribution in [3.8, 4) is 5.69 Å². The highest BCUT2D eigenvalue weighted by atomic mass is 127. The summed E-state index contributed by atoms with van der Waals surface area (Å²) in [4.78, 5) is 8.52. The molecule has 2 heterocycles. The monoisotopic (exact) mass is 525 g/mol. The average molecular weight is 525 g/mol. The van der Waals surface area contributed by atoms with Crippen molar-refractivity contribution in [1.82, 2.24) is 30.0 Å². The van der Waals surface area contributed by atoms with E-state index in [9.17, 15) is 4.39 Å². The molecule has 2 N–H and O–H groups in total. The van der Waals surface area contributed by atoms with Crippen LogP contribution in [0.3, 0.4) is 0 Å². The van der Waals surface area contributed by atoms with Crippen molar-refractivity contribution in [1.29, 1.82) is 0 Å². The van der Waals surface area contributed by atoms with Crippen LogP contribution in [0.5, 0.6) is 0 Å². The fraction of sp³-hybridized carbons (Fsp3) is 0.381.